The number of hydrogen-bond acceptors (Lipinski definition) is 10. The van der Waals surface area contributed by atoms with Gasteiger partial charge in [-0.2, -0.15) is 0 Å². The van der Waals surface area contributed by atoms with Crippen LogP contribution in [0.1, 0.15) is 50.8 Å². The topological polar surface area (TPSA) is 141 Å². The minimum Gasteiger partial charge on any atom is -0.508 e. The smallest absolute Gasteiger partial charge is 0.340 e. The quantitative estimate of drug-likeness (QED) is 0.219. The number of amides is 1. The molecule has 228 valence electrons. The van der Waals surface area contributed by atoms with Crippen molar-refractivity contribution in [3.63, 3.8) is 0 Å². The Morgan fingerprint density at radius 3 is 2.27 bits per heavy atom. The molecule has 4 aromatic carbocycles. The van der Waals surface area contributed by atoms with E-state index in [-0.39, 0.29) is 35.6 Å². The standard InChI is InChI=1S/C34H28N2O9/c1-19(37)43-24-10-13-28-30(18-24)44-29-17-22(36(2)21-5-8-23(38)9-6-21)7-12-27(29)34(28)26-11-4-20(16-25(26)33(41)45-34)32(40)35-15-14-31(39)42-3/h4-13,16-18,38H,14-15H2,1-3H3,(H,35,40). The van der Waals surface area contributed by atoms with Gasteiger partial charge >= 0.3 is 17.9 Å². The van der Waals surface area contributed by atoms with Gasteiger partial charge in [-0.05, 0) is 60.7 Å². The Morgan fingerprint density at radius 2 is 1.56 bits per heavy atom. The molecule has 11 nitrogen and oxygen atoms in total. The van der Waals surface area contributed by atoms with Gasteiger partial charge in [0.1, 0.15) is 23.0 Å². The van der Waals surface area contributed by atoms with Crippen LogP contribution in [0.4, 0.5) is 11.4 Å². The molecule has 2 heterocycles. The van der Waals surface area contributed by atoms with Gasteiger partial charge in [0, 0.05) is 66.3 Å². The van der Waals surface area contributed by atoms with Crippen LogP contribution in [0.15, 0.2) is 78.9 Å². The summed E-state index contributed by atoms with van der Waals surface area (Å²) in [7, 11) is 3.13. The molecule has 0 aromatic heterocycles. The summed E-state index contributed by atoms with van der Waals surface area (Å²) in [4.78, 5) is 51.4. The zero-order chi connectivity index (χ0) is 31.9. The highest BCUT2D eigenvalue weighted by Crippen LogP contribution is 2.57. The van der Waals surface area contributed by atoms with Crippen molar-refractivity contribution in [1.82, 2.24) is 5.32 Å². The van der Waals surface area contributed by atoms with Crippen LogP contribution < -0.4 is 19.7 Å². The molecule has 2 N–H and O–H groups in total. The number of fused-ring (bicyclic) bond motifs is 6. The molecule has 2 aliphatic heterocycles. The number of esters is 3. The minimum atomic E-state index is -1.43. The number of aromatic hydroxyl groups is 1. The summed E-state index contributed by atoms with van der Waals surface area (Å²) in [5.74, 6) is -0.952. The maximum Gasteiger partial charge on any atom is 0.340 e. The van der Waals surface area contributed by atoms with E-state index in [4.69, 9.17) is 14.2 Å². The Hall–Kier alpha value is -5.84. The maximum absolute atomic E-state index is 13.5. The second-order valence-electron chi connectivity index (χ2n) is 10.5. The van der Waals surface area contributed by atoms with Gasteiger partial charge in [-0.15, -0.1) is 0 Å². The fraction of sp³-hybridized carbons (Fsp3) is 0.176. The second kappa shape index (κ2) is 11.3. The summed E-state index contributed by atoms with van der Waals surface area (Å²) >= 11 is 0. The van der Waals surface area contributed by atoms with Gasteiger partial charge in [0.15, 0.2) is 5.60 Å². The van der Waals surface area contributed by atoms with E-state index in [2.05, 4.69) is 10.1 Å². The van der Waals surface area contributed by atoms with E-state index in [0.29, 0.717) is 28.2 Å². The van der Waals surface area contributed by atoms with E-state index in [0.717, 1.165) is 11.4 Å². The van der Waals surface area contributed by atoms with Gasteiger partial charge in [0.25, 0.3) is 5.91 Å². The summed E-state index contributed by atoms with van der Waals surface area (Å²) in [6.07, 6.45) is 0.00511. The molecule has 1 unspecified atom stereocenters. The minimum absolute atomic E-state index is 0.00511. The number of phenols is 1. The molecule has 0 aliphatic carbocycles. The number of benzene rings is 4. The highest BCUT2D eigenvalue weighted by atomic mass is 16.6. The number of methoxy groups -OCH3 is 1. The van der Waals surface area contributed by atoms with Crippen molar-refractivity contribution in [1.29, 1.82) is 0 Å². The molecule has 0 radical (unpaired) electrons. The van der Waals surface area contributed by atoms with Crippen LogP contribution in [-0.2, 0) is 24.7 Å². The van der Waals surface area contributed by atoms with E-state index < -0.39 is 29.4 Å². The molecular formula is C34H28N2O9. The van der Waals surface area contributed by atoms with E-state index in [9.17, 15) is 24.3 Å². The largest absolute Gasteiger partial charge is 0.508 e. The third kappa shape index (κ3) is 5.18. The molecule has 11 heteroatoms. The van der Waals surface area contributed by atoms with Crippen LogP contribution in [0, 0.1) is 0 Å². The van der Waals surface area contributed by atoms with Crippen molar-refractivity contribution in [3.05, 3.63) is 107 Å². The molecule has 4 aromatic rings. The van der Waals surface area contributed by atoms with Gasteiger partial charge in [-0.3, -0.25) is 14.4 Å². The van der Waals surface area contributed by atoms with Gasteiger partial charge < -0.3 is 34.3 Å². The van der Waals surface area contributed by atoms with E-state index >= 15 is 0 Å². The van der Waals surface area contributed by atoms with E-state index in [1.165, 1.54) is 20.1 Å². The van der Waals surface area contributed by atoms with Crippen molar-refractivity contribution >= 4 is 35.2 Å². The lowest BCUT2D eigenvalue weighted by Gasteiger charge is -2.37. The SMILES string of the molecule is COC(=O)CCNC(=O)c1ccc2c(c1)C(=O)OC21c2ccc(OC(C)=O)cc2Oc2cc(N(C)c3ccc(O)cc3)ccc21. The number of anilines is 2. The summed E-state index contributed by atoms with van der Waals surface area (Å²) in [6, 6.07) is 21.8. The average Bonchev–Trinajstić information content (AvgIpc) is 3.31. The summed E-state index contributed by atoms with van der Waals surface area (Å²) in [6.45, 7) is 1.36. The van der Waals surface area contributed by atoms with Crippen molar-refractivity contribution < 1.29 is 43.2 Å². The molecule has 6 rings (SSSR count). The molecule has 0 saturated heterocycles. The van der Waals surface area contributed by atoms with Crippen LogP contribution in [0.25, 0.3) is 0 Å². The van der Waals surface area contributed by atoms with Crippen LogP contribution in [0.3, 0.4) is 0 Å². The number of hydrogen-bond donors (Lipinski definition) is 2. The summed E-state index contributed by atoms with van der Waals surface area (Å²) in [5.41, 5.74) is 2.11. The van der Waals surface area contributed by atoms with Crippen LogP contribution in [-0.4, -0.2) is 49.6 Å². The predicted molar refractivity (Wildman–Crippen MR) is 161 cm³/mol. The molecule has 1 atom stereocenters. The molecule has 0 bridgehead atoms. The Labute approximate surface area is 257 Å². The first-order valence-electron chi connectivity index (χ1n) is 14.0. The first kappa shape index (κ1) is 29.2. The number of rotatable bonds is 7. The highest BCUT2D eigenvalue weighted by molar-refractivity contribution is 6.01. The van der Waals surface area contributed by atoms with Crippen molar-refractivity contribution in [2.24, 2.45) is 0 Å². The zero-order valence-corrected chi connectivity index (χ0v) is 24.6. The number of ether oxygens (including phenoxy) is 4. The number of carbonyl (C=O) groups excluding carboxylic acids is 4. The lowest BCUT2D eigenvalue weighted by molar-refractivity contribution is -0.140. The van der Waals surface area contributed by atoms with Crippen molar-refractivity contribution in [2.75, 3.05) is 25.6 Å². The van der Waals surface area contributed by atoms with Gasteiger partial charge in [-0.1, -0.05) is 6.07 Å². The van der Waals surface area contributed by atoms with Gasteiger partial charge in [0.2, 0.25) is 0 Å². The normalized spacial score (nSPS) is 15.6. The van der Waals surface area contributed by atoms with Crippen LogP contribution in [0.2, 0.25) is 0 Å². The highest BCUT2D eigenvalue weighted by Gasteiger charge is 2.54. The fourth-order valence-corrected chi connectivity index (χ4v) is 5.58. The van der Waals surface area contributed by atoms with Crippen LogP contribution in [0.5, 0.6) is 23.0 Å². The Bertz CT molecular complexity index is 1870. The number of carbonyl (C=O) groups is 4. The van der Waals surface area contributed by atoms with Crippen molar-refractivity contribution in [3.8, 4) is 23.0 Å². The second-order valence-corrected chi connectivity index (χ2v) is 10.5. The number of nitrogens with one attached hydrogen (secondary N) is 1. The van der Waals surface area contributed by atoms with Crippen LogP contribution >= 0.6 is 0 Å². The number of phenolic OH excluding ortho intramolecular Hbond substituents is 1. The first-order chi connectivity index (χ1) is 21.6. The third-order valence-corrected chi connectivity index (χ3v) is 7.75. The molecule has 45 heavy (non-hydrogen) atoms. The van der Waals surface area contributed by atoms with Crippen molar-refractivity contribution in [2.45, 2.75) is 18.9 Å². The average molecular weight is 609 g/mol. The molecule has 1 amide bonds. The molecule has 0 saturated carbocycles. The Morgan fingerprint density at radius 1 is 0.889 bits per heavy atom. The van der Waals surface area contributed by atoms with Gasteiger partial charge in [0.05, 0.1) is 19.1 Å². The lowest BCUT2D eigenvalue weighted by Crippen LogP contribution is -2.33. The van der Waals surface area contributed by atoms with E-state index in [1.54, 1.807) is 60.7 Å². The first-order valence-corrected chi connectivity index (χ1v) is 14.0. The predicted octanol–water partition coefficient (Wildman–Crippen LogP) is 4.95. The third-order valence-electron chi connectivity index (χ3n) is 7.75. The molecule has 2 aliphatic rings. The lowest BCUT2D eigenvalue weighted by atomic mass is 9.77. The fourth-order valence-electron chi connectivity index (χ4n) is 5.58. The Kier molecular flexibility index (Phi) is 7.37. The van der Waals surface area contributed by atoms with Gasteiger partial charge in [-0.25, -0.2) is 4.79 Å². The Balaban J connectivity index is 1.44. The molecule has 1 spiro atoms. The summed E-state index contributed by atoms with van der Waals surface area (Å²) in [5, 5.41) is 12.4. The summed E-state index contributed by atoms with van der Waals surface area (Å²) < 4.78 is 22.5. The zero-order valence-electron chi connectivity index (χ0n) is 24.6. The maximum atomic E-state index is 13.5. The molecular weight excluding hydrogens is 580 g/mol. The van der Waals surface area contributed by atoms with E-state index in [1.807, 2.05) is 24.1 Å². The molecule has 0 fully saturated rings. The number of nitrogens with zero attached hydrogens (tertiary/aromatic N) is 1. The monoisotopic (exact) mass is 608 g/mol.